The zero-order valence-electron chi connectivity index (χ0n) is 9.62. The number of thiophene rings is 1. The first kappa shape index (κ1) is 11.1. The molecule has 1 fully saturated rings. The lowest BCUT2D eigenvalue weighted by atomic mass is 10.0. The van der Waals surface area contributed by atoms with Crippen LogP contribution in [0.25, 0.3) is 0 Å². The molecule has 1 heterocycles. The summed E-state index contributed by atoms with van der Waals surface area (Å²) in [4.78, 5) is 1.37. The highest BCUT2D eigenvalue weighted by Gasteiger charge is 2.37. The molecule has 84 valence electrons. The molecule has 0 radical (unpaired) electrons. The minimum Gasteiger partial charge on any atom is -0.379 e. The first-order valence-electron chi connectivity index (χ1n) is 5.51. The van der Waals surface area contributed by atoms with Crippen LogP contribution in [0.15, 0.2) is 11.4 Å². The number of rotatable bonds is 5. The molecule has 0 aromatic carbocycles. The van der Waals surface area contributed by atoms with Gasteiger partial charge in [0.05, 0.1) is 12.1 Å². The number of likely N-dealkylation sites (N-methyl/N-ethyl adjacent to an activating group) is 1. The largest absolute Gasteiger partial charge is 0.379 e. The molecule has 0 saturated heterocycles. The summed E-state index contributed by atoms with van der Waals surface area (Å²) in [5.41, 5.74) is 1.37. The van der Waals surface area contributed by atoms with Crippen molar-refractivity contribution in [3.63, 3.8) is 0 Å². The van der Waals surface area contributed by atoms with Crippen LogP contribution in [0.3, 0.4) is 0 Å². The van der Waals surface area contributed by atoms with E-state index in [1.807, 2.05) is 25.5 Å². The molecule has 1 N–H and O–H groups in total. The lowest BCUT2D eigenvalue weighted by Gasteiger charge is -2.25. The van der Waals surface area contributed by atoms with Crippen LogP contribution in [-0.2, 0) is 4.74 Å². The predicted molar refractivity (Wildman–Crippen MR) is 64.4 cm³/mol. The summed E-state index contributed by atoms with van der Waals surface area (Å²) in [6, 6.07) is 2.62. The molecule has 2 atom stereocenters. The molecule has 3 heteroatoms. The summed E-state index contributed by atoms with van der Waals surface area (Å²) in [7, 11) is 3.85. The summed E-state index contributed by atoms with van der Waals surface area (Å²) < 4.78 is 5.63. The Morgan fingerprint density at radius 3 is 2.67 bits per heavy atom. The Kier molecular flexibility index (Phi) is 3.44. The van der Waals surface area contributed by atoms with Gasteiger partial charge in [-0.3, -0.25) is 0 Å². The second kappa shape index (κ2) is 4.64. The lowest BCUT2D eigenvalue weighted by molar-refractivity contribution is 0.0531. The van der Waals surface area contributed by atoms with Gasteiger partial charge in [-0.25, -0.2) is 0 Å². The quantitative estimate of drug-likeness (QED) is 0.832. The van der Waals surface area contributed by atoms with Crippen molar-refractivity contribution in [2.75, 3.05) is 14.2 Å². The van der Waals surface area contributed by atoms with Crippen LogP contribution in [-0.4, -0.2) is 20.3 Å². The van der Waals surface area contributed by atoms with Gasteiger partial charge in [0.25, 0.3) is 0 Å². The SMILES string of the molecule is CNC(c1csc(C)c1)C(OC)C1CC1. The minimum absolute atomic E-state index is 0.337. The van der Waals surface area contributed by atoms with Crippen molar-refractivity contribution in [1.29, 1.82) is 0 Å². The van der Waals surface area contributed by atoms with E-state index in [9.17, 15) is 0 Å². The zero-order valence-corrected chi connectivity index (χ0v) is 10.4. The van der Waals surface area contributed by atoms with Crippen LogP contribution >= 0.6 is 11.3 Å². The molecule has 1 aliphatic carbocycles. The molecule has 0 amide bonds. The molecule has 1 aromatic rings. The molecule has 1 saturated carbocycles. The van der Waals surface area contributed by atoms with Gasteiger partial charge in [0.1, 0.15) is 0 Å². The van der Waals surface area contributed by atoms with Crippen molar-refractivity contribution in [3.05, 3.63) is 21.9 Å². The van der Waals surface area contributed by atoms with Gasteiger partial charge in [-0.2, -0.15) is 0 Å². The van der Waals surface area contributed by atoms with Gasteiger partial charge >= 0.3 is 0 Å². The Morgan fingerprint density at radius 1 is 1.53 bits per heavy atom. The van der Waals surface area contributed by atoms with Crippen LogP contribution in [0, 0.1) is 12.8 Å². The Labute approximate surface area is 95.6 Å². The van der Waals surface area contributed by atoms with Crippen molar-refractivity contribution in [3.8, 4) is 0 Å². The Hall–Kier alpha value is -0.380. The van der Waals surface area contributed by atoms with E-state index in [4.69, 9.17) is 4.74 Å². The van der Waals surface area contributed by atoms with E-state index in [1.54, 1.807) is 0 Å². The first-order valence-corrected chi connectivity index (χ1v) is 6.39. The lowest BCUT2D eigenvalue weighted by Crippen LogP contribution is -2.32. The molecule has 15 heavy (non-hydrogen) atoms. The van der Waals surface area contributed by atoms with E-state index in [1.165, 1.54) is 23.3 Å². The summed E-state index contributed by atoms with van der Waals surface area (Å²) in [5.74, 6) is 0.757. The highest BCUT2D eigenvalue weighted by Crippen LogP contribution is 2.40. The van der Waals surface area contributed by atoms with E-state index in [-0.39, 0.29) is 0 Å². The van der Waals surface area contributed by atoms with Gasteiger partial charge in [-0.15, -0.1) is 11.3 Å². The van der Waals surface area contributed by atoms with E-state index in [0.29, 0.717) is 12.1 Å². The fraction of sp³-hybridized carbons (Fsp3) is 0.667. The van der Waals surface area contributed by atoms with E-state index >= 15 is 0 Å². The van der Waals surface area contributed by atoms with Gasteiger partial charge in [0.15, 0.2) is 0 Å². The smallest absolute Gasteiger partial charge is 0.0794 e. The van der Waals surface area contributed by atoms with Crippen LogP contribution in [0.4, 0.5) is 0 Å². The highest BCUT2D eigenvalue weighted by atomic mass is 32.1. The third-order valence-electron chi connectivity index (χ3n) is 3.11. The minimum atomic E-state index is 0.337. The van der Waals surface area contributed by atoms with Gasteiger partial charge in [-0.05, 0) is 49.7 Å². The monoisotopic (exact) mass is 225 g/mol. The normalized spacial score (nSPS) is 20.2. The van der Waals surface area contributed by atoms with Crippen LogP contribution in [0.2, 0.25) is 0 Å². The number of aryl methyl sites for hydroxylation is 1. The summed E-state index contributed by atoms with van der Waals surface area (Å²) >= 11 is 1.81. The van der Waals surface area contributed by atoms with Crippen molar-refractivity contribution < 1.29 is 4.74 Å². The Morgan fingerprint density at radius 2 is 2.27 bits per heavy atom. The fourth-order valence-electron chi connectivity index (χ4n) is 2.17. The number of ether oxygens (including phenoxy) is 1. The molecule has 0 spiro atoms. The predicted octanol–water partition coefficient (Wildman–Crippen LogP) is 2.74. The Bertz CT molecular complexity index is 319. The second-order valence-corrected chi connectivity index (χ2v) is 5.41. The van der Waals surface area contributed by atoms with Gasteiger partial charge in [0.2, 0.25) is 0 Å². The van der Waals surface area contributed by atoms with Crippen molar-refractivity contribution in [2.45, 2.75) is 31.9 Å². The van der Waals surface area contributed by atoms with Crippen molar-refractivity contribution in [1.82, 2.24) is 5.32 Å². The topological polar surface area (TPSA) is 21.3 Å². The van der Waals surface area contributed by atoms with E-state index < -0.39 is 0 Å². The third-order valence-corrected chi connectivity index (χ3v) is 3.99. The molecule has 0 aliphatic heterocycles. The molecule has 0 bridgehead atoms. The molecular weight excluding hydrogens is 206 g/mol. The maximum atomic E-state index is 5.63. The number of hydrogen-bond donors (Lipinski definition) is 1. The number of methoxy groups -OCH3 is 1. The maximum absolute atomic E-state index is 5.63. The van der Waals surface area contributed by atoms with Crippen LogP contribution in [0.1, 0.15) is 29.3 Å². The molecular formula is C12H19NOS. The van der Waals surface area contributed by atoms with Crippen molar-refractivity contribution >= 4 is 11.3 Å². The fourth-order valence-corrected chi connectivity index (χ4v) is 2.91. The average Bonchev–Trinajstić information content (AvgIpc) is 2.98. The van der Waals surface area contributed by atoms with Crippen LogP contribution in [0.5, 0.6) is 0 Å². The van der Waals surface area contributed by atoms with Crippen molar-refractivity contribution in [2.24, 2.45) is 5.92 Å². The van der Waals surface area contributed by atoms with E-state index in [2.05, 4.69) is 23.7 Å². The zero-order chi connectivity index (χ0) is 10.8. The standard InChI is InChI=1S/C12H19NOS/c1-8-6-10(7-15-8)11(13-2)12(14-3)9-4-5-9/h6-7,9,11-13H,4-5H2,1-3H3. The highest BCUT2D eigenvalue weighted by molar-refractivity contribution is 7.10. The number of nitrogens with one attached hydrogen (secondary N) is 1. The average molecular weight is 225 g/mol. The van der Waals surface area contributed by atoms with Gasteiger partial charge in [0, 0.05) is 12.0 Å². The summed E-state index contributed by atoms with van der Waals surface area (Å²) in [6.07, 6.45) is 2.98. The van der Waals surface area contributed by atoms with Crippen LogP contribution < -0.4 is 5.32 Å². The van der Waals surface area contributed by atoms with E-state index in [0.717, 1.165) is 5.92 Å². The molecule has 1 aromatic heterocycles. The molecule has 1 aliphatic rings. The summed E-state index contributed by atoms with van der Waals surface area (Å²) in [5, 5.41) is 5.63. The second-order valence-electron chi connectivity index (χ2n) is 4.29. The number of hydrogen-bond acceptors (Lipinski definition) is 3. The summed E-state index contributed by atoms with van der Waals surface area (Å²) in [6.45, 7) is 2.15. The first-order chi connectivity index (χ1) is 7.26. The molecule has 2 nitrogen and oxygen atoms in total. The maximum Gasteiger partial charge on any atom is 0.0794 e. The van der Waals surface area contributed by atoms with Gasteiger partial charge in [-0.1, -0.05) is 0 Å². The third kappa shape index (κ3) is 2.41. The Balaban J connectivity index is 2.14. The van der Waals surface area contributed by atoms with Gasteiger partial charge < -0.3 is 10.1 Å². The molecule has 2 rings (SSSR count). The molecule has 2 unspecified atom stereocenters.